The second kappa shape index (κ2) is 6.48. The lowest BCUT2D eigenvalue weighted by molar-refractivity contribution is 0.262. The molecule has 6 nitrogen and oxygen atoms in total. The van der Waals surface area contributed by atoms with Crippen LogP contribution in [0.25, 0.3) is 0 Å². The molecule has 0 bridgehead atoms. The number of hydrogen-bond donors (Lipinski definition) is 3. The Kier molecular flexibility index (Phi) is 4.67. The molecule has 0 unspecified atom stereocenters. The maximum Gasteiger partial charge on any atom is 0.323 e. The van der Waals surface area contributed by atoms with Gasteiger partial charge >= 0.3 is 6.03 Å². The summed E-state index contributed by atoms with van der Waals surface area (Å²) < 4.78 is 24.5. The summed E-state index contributed by atoms with van der Waals surface area (Å²) in [6, 6.07) is 13.4. The third kappa shape index (κ3) is 5.10. The number of hydrogen-bond acceptors (Lipinski definition) is 3. The fraction of sp³-hybridized carbons (Fsp3) is 0.133. The highest BCUT2D eigenvalue weighted by Gasteiger charge is 2.04. The summed E-state index contributed by atoms with van der Waals surface area (Å²) in [5.41, 5.74) is 2.80. The van der Waals surface area contributed by atoms with Gasteiger partial charge in [-0.1, -0.05) is 17.7 Å². The van der Waals surface area contributed by atoms with Crippen LogP contribution in [-0.4, -0.2) is 20.7 Å². The van der Waals surface area contributed by atoms with Crippen molar-refractivity contribution in [1.29, 1.82) is 0 Å². The third-order valence-corrected chi connectivity index (χ3v) is 3.36. The molecule has 0 aliphatic rings. The number of amides is 2. The van der Waals surface area contributed by atoms with E-state index >= 15 is 0 Å². The monoisotopic (exact) mass is 319 g/mol. The first kappa shape index (κ1) is 15.8. The lowest BCUT2D eigenvalue weighted by Crippen LogP contribution is -2.19. The van der Waals surface area contributed by atoms with Gasteiger partial charge < -0.3 is 10.6 Å². The van der Waals surface area contributed by atoms with E-state index in [0.29, 0.717) is 17.1 Å². The maximum atomic E-state index is 11.8. The minimum absolute atomic E-state index is 0.368. The van der Waals surface area contributed by atoms with E-state index in [4.69, 9.17) is 0 Å². The molecule has 3 N–H and O–H groups in total. The zero-order valence-corrected chi connectivity index (χ0v) is 13.1. The molecule has 2 rings (SSSR count). The lowest BCUT2D eigenvalue weighted by atomic mass is 10.2. The van der Waals surface area contributed by atoms with Crippen LogP contribution in [0, 0.1) is 6.92 Å². The van der Waals surface area contributed by atoms with Crippen molar-refractivity contribution in [3.63, 3.8) is 0 Å². The van der Waals surface area contributed by atoms with Crippen molar-refractivity contribution in [1.82, 2.24) is 0 Å². The van der Waals surface area contributed by atoms with Crippen LogP contribution >= 0.6 is 0 Å². The van der Waals surface area contributed by atoms with E-state index in [-0.39, 0.29) is 6.03 Å². The van der Waals surface area contributed by atoms with Gasteiger partial charge in [0.1, 0.15) is 0 Å². The third-order valence-electron chi connectivity index (χ3n) is 2.76. The van der Waals surface area contributed by atoms with Crippen molar-refractivity contribution >= 4 is 33.1 Å². The number of aryl methyl sites for hydroxylation is 1. The standard InChI is InChI=1S/C15H17N3O3S/c1-11-3-5-12(6-4-11)16-15(19)17-13-7-9-14(10-8-13)18-22(2,20)21/h3-10,18H,1-2H3,(H2,16,17,19). The molecule has 0 heterocycles. The van der Waals surface area contributed by atoms with Crippen LogP contribution < -0.4 is 15.4 Å². The molecule has 116 valence electrons. The molecule has 0 spiro atoms. The summed E-state index contributed by atoms with van der Waals surface area (Å²) in [4.78, 5) is 11.8. The van der Waals surface area contributed by atoms with Crippen molar-refractivity contribution < 1.29 is 13.2 Å². The molecule has 2 aromatic carbocycles. The SMILES string of the molecule is Cc1ccc(NC(=O)Nc2ccc(NS(C)(=O)=O)cc2)cc1. The summed E-state index contributed by atoms with van der Waals surface area (Å²) in [6.07, 6.45) is 1.08. The molecule has 0 aliphatic heterocycles. The summed E-state index contributed by atoms with van der Waals surface area (Å²) in [6.45, 7) is 1.97. The van der Waals surface area contributed by atoms with E-state index in [2.05, 4.69) is 15.4 Å². The van der Waals surface area contributed by atoms with E-state index in [1.807, 2.05) is 31.2 Å². The predicted molar refractivity (Wildman–Crippen MR) is 88.7 cm³/mol. The average Bonchev–Trinajstić information content (AvgIpc) is 2.42. The topological polar surface area (TPSA) is 87.3 Å². The highest BCUT2D eigenvalue weighted by molar-refractivity contribution is 7.92. The lowest BCUT2D eigenvalue weighted by Gasteiger charge is -2.09. The van der Waals surface area contributed by atoms with Crippen LogP contribution in [0.15, 0.2) is 48.5 Å². The van der Waals surface area contributed by atoms with Gasteiger partial charge in [-0.15, -0.1) is 0 Å². The number of rotatable bonds is 4. The van der Waals surface area contributed by atoms with E-state index in [0.717, 1.165) is 11.8 Å². The molecule has 0 saturated carbocycles. The van der Waals surface area contributed by atoms with Crippen molar-refractivity contribution in [3.8, 4) is 0 Å². The molecule has 0 aliphatic carbocycles. The fourth-order valence-electron chi connectivity index (χ4n) is 1.77. The molecule has 0 saturated heterocycles. The minimum Gasteiger partial charge on any atom is -0.308 e. The Morgan fingerprint density at radius 2 is 1.23 bits per heavy atom. The first-order valence-corrected chi connectivity index (χ1v) is 8.43. The largest absolute Gasteiger partial charge is 0.323 e. The van der Waals surface area contributed by atoms with Gasteiger partial charge in [0.2, 0.25) is 10.0 Å². The molecular formula is C15H17N3O3S. The van der Waals surface area contributed by atoms with Crippen LogP contribution in [-0.2, 0) is 10.0 Å². The Bertz CT molecular complexity index is 754. The Hall–Kier alpha value is -2.54. The van der Waals surface area contributed by atoms with Crippen LogP contribution in [0.1, 0.15) is 5.56 Å². The molecule has 7 heteroatoms. The second-order valence-electron chi connectivity index (χ2n) is 4.90. The number of carbonyl (C=O) groups excluding carboxylic acids is 1. The predicted octanol–water partition coefficient (Wildman–Crippen LogP) is 3.01. The van der Waals surface area contributed by atoms with E-state index in [1.165, 1.54) is 0 Å². The molecule has 2 amide bonds. The molecule has 2 aromatic rings. The minimum atomic E-state index is -3.31. The number of nitrogens with one attached hydrogen (secondary N) is 3. The summed E-state index contributed by atoms with van der Waals surface area (Å²) in [5.74, 6) is 0. The van der Waals surface area contributed by atoms with E-state index in [9.17, 15) is 13.2 Å². The van der Waals surface area contributed by atoms with Crippen molar-refractivity contribution in [2.75, 3.05) is 21.6 Å². The number of benzene rings is 2. The van der Waals surface area contributed by atoms with Gasteiger partial charge in [0.15, 0.2) is 0 Å². The maximum absolute atomic E-state index is 11.8. The van der Waals surface area contributed by atoms with Gasteiger partial charge in [-0.05, 0) is 43.3 Å². The summed E-state index contributed by atoms with van der Waals surface area (Å²) >= 11 is 0. The fourth-order valence-corrected chi connectivity index (χ4v) is 2.33. The first-order valence-electron chi connectivity index (χ1n) is 6.54. The van der Waals surface area contributed by atoms with Gasteiger partial charge in [-0.3, -0.25) is 4.72 Å². The summed E-state index contributed by atoms with van der Waals surface area (Å²) in [5, 5.41) is 5.38. The Balaban J connectivity index is 1.95. The van der Waals surface area contributed by atoms with Crippen molar-refractivity contribution in [2.45, 2.75) is 6.92 Å². The molecule has 0 aromatic heterocycles. The number of sulfonamides is 1. The van der Waals surface area contributed by atoms with E-state index < -0.39 is 10.0 Å². The molecule has 22 heavy (non-hydrogen) atoms. The first-order chi connectivity index (χ1) is 10.3. The highest BCUT2D eigenvalue weighted by Crippen LogP contribution is 2.15. The highest BCUT2D eigenvalue weighted by atomic mass is 32.2. The normalized spacial score (nSPS) is 10.8. The number of carbonyl (C=O) groups is 1. The zero-order chi connectivity index (χ0) is 16.2. The Labute approximate surface area is 129 Å². The number of anilines is 3. The van der Waals surface area contributed by atoms with Gasteiger partial charge in [-0.25, -0.2) is 13.2 Å². The van der Waals surface area contributed by atoms with E-state index in [1.54, 1.807) is 24.3 Å². The Morgan fingerprint density at radius 1 is 0.818 bits per heavy atom. The zero-order valence-electron chi connectivity index (χ0n) is 12.3. The van der Waals surface area contributed by atoms with Gasteiger partial charge in [0.25, 0.3) is 0 Å². The Morgan fingerprint density at radius 3 is 1.68 bits per heavy atom. The average molecular weight is 319 g/mol. The van der Waals surface area contributed by atoms with Crippen LogP contribution in [0.4, 0.5) is 21.9 Å². The van der Waals surface area contributed by atoms with Crippen LogP contribution in [0.3, 0.4) is 0 Å². The van der Waals surface area contributed by atoms with Crippen molar-refractivity contribution in [2.24, 2.45) is 0 Å². The smallest absolute Gasteiger partial charge is 0.308 e. The molecule has 0 fully saturated rings. The van der Waals surface area contributed by atoms with Crippen LogP contribution in [0.5, 0.6) is 0 Å². The number of urea groups is 1. The molecular weight excluding hydrogens is 302 g/mol. The second-order valence-corrected chi connectivity index (χ2v) is 6.65. The quantitative estimate of drug-likeness (QED) is 0.809. The van der Waals surface area contributed by atoms with Gasteiger partial charge in [0.05, 0.1) is 6.26 Å². The van der Waals surface area contributed by atoms with Crippen LogP contribution in [0.2, 0.25) is 0 Å². The van der Waals surface area contributed by atoms with Gasteiger partial charge in [-0.2, -0.15) is 0 Å². The molecule has 0 atom stereocenters. The van der Waals surface area contributed by atoms with Crippen molar-refractivity contribution in [3.05, 3.63) is 54.1 Å². The molecule has 0 radical (unpaired) electrons. The van der Waals surface area contributed by atoms with Gasteiger partial charge in [0, 0.05) is 17.1 Å². The summed E-state index contributed by atoms with van der Waals surface area (Å²) in [7, 11) is -3.31.